The van der Waals surface area contributed by atoms with Crippen molar-refractivity contribution < 1.29 is 19.4 Å². The van der Waals surface area contributed by atoms with Crippen LogP contribution in [0.1, 0.15) is 36.8 Å². The summed E-state index contributed by atoms with van der Waals surface area (Å²) in [6.45, 7) is 2.95. The van der Waals surface area contributed by atoms with Crippen molar-refractivity contribution in [2.45, 2.75) is 38.5 Å². The molecule has 0 fully saturated rings. The predicted octanol–water partition coefficient (Wildman–Crippen LogP) is 4.97. The van der Waals surface area contributed by atoms with Crippen LogP contribution in [0.25, 0.3) is 10.1 Å². The molecule has 1 aromatic heterocycles. The first-order valence-corrected chi connectivity index (χ1v) is 12.0. The van der Waals surface area contributed by atoms with E-state index in [1.807, 2.05) is 55.5 Å². The van der Waals surface area contributed by atoms with Crippen molar-refractivity contribution in [1.29, 1.82) is 0 Å². The van der Waals surface area contributed by atoms with Crippen LogP contribution < -0.4 is 5.32 Å². The lowest BCUT2D eigenvalue weighted by Crippen LogP contribution is -2.38. The number of hydrogen-bond donors (Lipinski definition) is 2. The SMILES string of the molecule is CCOC1OC(C(=O)NCc2ccccc2)=CC(c2csc3ccccc23)C1CCCO. The average molecular weight is 452 g/mol. The number of hydrogen-bond acceptors (Lipinski definition) is 5. The minimum Gasteiger partial charge on any atom is -0.459 e. The summed E-state index contributed by atoms with van der Waals surface area (Å²) < 4.78 is 13.2. The molecule has 1 aliphatic rings. The van der Waals surface area contributed by atoms with Gasteiger partial charge in [0.05, 0.1) is 0 Å². The first-order valence-electron chi connectivity index (χ1n) is 11.1. The zero-order valence-electron chi connectivity index (χ0n) is 18.2. The Kier molecular flexibility index (Phi) is 7.58. The van der Waals surface area contributed by atoms with Crippen LogP contribution >= 0.6 is 11.3 Å². The van der Waals surface area contributed by atoms with E-state index >= 15 is 0 Å². The lowest BCUT2D eigenvalue weighted by atomic mass is 9.80. The molecule has 3 atom stereocenters. The van der Waals surface area contributed by atoms with Crippen molar-refractivity contribution in [2.75, 3.05) is 13.2 Å². The van der Waals surface area contributed by atoms with E-state index in [0.29, 0.717) is 25.3 Å². The number of benzene rings is 2. The number of aliphatic hydroxyl groups is 1. The van der Waals surface area contributed by atoms with Crippen LogP contribution in [0.15, 0.2) is 71.8 Å². The Hall–Kier alpha value is -2.67. The van der Waals surface area contributed by atoms with Crippen molar-refractivity contribution >= 4 is 27.3 Å². The first kappa shape index (κ1) is 22.5. The molecule has 3 aromatic rings. The minimum atomic E-state index is -0.544. The molecular formula is C26H29NO4S. The maximum absolute atomic E-state index is 13.0. The summed E-state index contributed by atoms with van der Waals surface area (Å²) >= 11 is 1.70. The lowest BCUT2D eigenvalue weighted by molar-refractivity contribution is -0.166. The van der Waals surface area contributed by atoms with Gasteiger partial charge in [0.1, 0.15) is 0 Å². The number of fused-ring (bicyclic) bond motifs is 1. The Morgan fingerprint density at radius 1 is 1.16 bits per heavy atom. The molecule has 1 aliphatic heterocycles. The highest BCUT2D eigenvalue weighted by Gasteiger charge is 2.38. The fourth-order valence-corrected chi connectivity index (χ4v) is 5.25. The number of rotatable bonds is 9. The molecule has 0 radical (unpaired) electrons. The molecule has 2 aromatic carbocycles. The number of thiophene rings is 1. The topological polar surface area (TPSA) is 67.8 Å². The van der Waals surface area contributed by atoms with E-state index in [2.05, 4.69) is 22.8 Å². The smallest absolute Gasteiger partial charge is 0.286 e. The predicted molar refractivity (Wildman–Crippen MR) is 127 cm³/mol. The number of carbonyl (C=O) groups excluding carboxylic acids is 1. The van der Waals surface area contributed by atoms with Gasteiger partial charge in [-0.2, -0.15) is 0 Å². The fraction of sp³-hybridized carbons (Fsp3) is 0.346. The van der Waals surface area contributed by atoms with E-state index in [9.17, 15) is 9.90 Å². The monoisotopic (exact) mass is 451 g/mol. The quantitative estimate of drug-likeness (QED) is 0.482. The van der Waals surface area contributed by atoms with E-state index in [1.165, 1.54) is 15.6 Å². The molecular weight excluding hydrogens is 422 g/mol. The van der Waals surface area contributed by atoms with Gasteiger partial charge >= 0.3 is 0 Å². The van der Waals surface area contributed by atoms with Crippen LogP contribution in [0, 0.1) is 5.92 Å². The van der Waals surface area contributed by atoms with Crippen molar-refractivity contribution in [3.05, 3.63) is 82.9 Å². The van der Waals surface area contributed by atoms with Crippen molar-refractivity contribution in [2.24, 2.45) is 5.92 Å². The molecule has 1 amide bonds. The molecule has 32 heavy (non-hydrogen) atoms. The normalized spacial score (nSPS) is 20.6. The Labute approximate surface area is 192 Å². The number of amides is 1. The Bertz CT molecular complexity index is 1060. The van der Waals surface area contributed by atoms with Crippen LogP contribution in [0.4, 0.5) is 0 Å². The van der Waals surface area contributed by atoms with Crippen LogP contribution in [-0.2, 0) is 20.8 Å². The molecule has 4 rings (SSSR count). The van der Waals surface area contributed by atoms with Crippen molar-refractivity contribution in [3.63, 3.8) is 0 Å². The Balaban J connectivity index is 1.65. The van der Waals surface area contributed by atoms with E-state index in [-0.39, 0.29) is 24.3 Å². The third kappa shape index (κ3) is 5.04. The van der Waals surface area contributed by atoms with E-state index in [1.54, 1.807) is 11.3 Å². The van der Waals surface area contributed by atoms with E-state index in [4.69, 9.17) is 9.47 Å². The minimum absolute atomic E-state index is 0.00535. The second kappa shape index (κ2) is 10.8. The van der Waals surface area contributed by atoms with Gasteiger partial charge in [0.2, 0.25) is 6.29 Å². The van der Waals surface area contributed by atoms with Gasteiger partial charge in [0, 0.05) is 36.3 Å². The molecule has 0 saturated carbocycles. The number of aliphatic hydroxyl groups excluding tert-OH is 1. The number of nitrogens with one attached hydrogen (secondary N) is 1. The summed E-state index contributed by atoms with van der Waals surface area (Å²) in [5.74, 6) is 0.00913. The molecule has 2 heterocycles. The summed E-state index contributed by atoms with van der Waals surface area (Å²) in [5.41, 5.74) is 2.20. The van der Waals surface area contributed by atoms with Crippen LogP contribution in [0.2, 0.25) is 0 Å². The number of allylic oxidation sites excluding steroid dienone is 1. The van der Waals surface area contributed by atoms with E-state index in [0.717, 1.165) is 12.0 Å². The van der Waals surface area contributed by atoms with Gasteiger partial charge < -0.3 is 19.9 Å². The molecule has 2 N–H and O–H groups in total. The molecule has 6 heteroatoms. The number of ether oxygens (including phenoxy) is 2. The summed E-state index contributed by atoms with van der Waals surface area (Å²) in [6.07, 6.45) is 2.79. The van der Waals surface area contributed by atoms with Crippen molar-refractivity contribution in [3.8, 4) is 0 Å². The van der Waals surface area contributed by atoms with Gasteiger partial charge in [-0.05, 0) is 53.8 Å². The standard InChI is InChI=1S/C26H29NO4S/c1-2-30-26-20(12-8-14-28)21(22-17-32-24-13-7-6-11-19(22)24)15-23(31-26)25(29)27-16-18-9-4-3-5-10-18/h3-7,9-11,13,15,17,20-21,26,28H,2,8,12,14,16H2,1H3,(H,27,29). The van der Waals surface area contributed by atoms with Crippen LogP contribution in [0.5, 0.6) is 0 Å². The third-order valence-electron chi connectivity index (χ3n) is 5.80. The summed E-state index contributed by atoms with van der Waals surface area (Å²) in [7, 11) is 0. The Morgan fingerprint density at radius 2 is 1.94 bits per heavy atom. The fourth-order valence-electron chi connectivity index (χ4n) is 4.24. The largest absolute Gasteiger partial charge is 0.459 e. The first-order chi connectivity index (χ1) is 15.7. The molecule has 168 valence electrons. The summed E-state index contributed by atoms with van der Waals surface area (Å²) in [5, 5.41) is 15.8. The summed E-state index contributed by atoms with van der Waals surface area (Å²) in [4.78, 5) is 13.0. The summed E-state index contributed by atoms with van der Waals surface area (Å²) in [6, 6.07) is 18.1. The second-order valence-electron chi connectivity index (χ2n) is 7.88. The lowest BCUT2D eigenvalue weighted by Gasteiger charge is -2.36. The zero-order valence-corrected chi connectivity index (χ0v) is 19.0. The van der Waals surface area contributed by atoms with Gasteiger partial charge in [0.25, 0.3) is 5.91 Å². The molecule has 3 unspecified atom stereocenters. The maximum Gasteiger partial charge on any atom is 0.286 e. The van der Waals surface area contributed by atoms with Gasteiger partial charge in [-0.3, -0.25) is 4.79 Å². The van der Waals surface area contributed by atoms with Gasteiger partial charge in [-0.15, -0.1) is 11.3 Å². The van der Waals surface area contributed by atoms with Crippen LogP contribution in [0.3, 0.4) is 0 Å². The molecule has 0 spiro atoms. The van der Waals surface area contributed by atoms with Gasteiger partial charge in [0.15, 0.2) is 5.76 Å². The maximum atomic E-state index is 13.0. The van der Waals surface area contributed by atoms with Crippen LogP contribution in [-0.4, -0.2) is 30.5 Å². The highest BCUT2D eigenvalue weighted by molar-refractivity contribution is 7.17. The third-order valence-corrected chi connectivity index (χ3v) is 6.78. The molecule has 0 aliphatic carbocycles. The highest BCUT2D eigenvalue weighted by Crippen LogP contribution is 2.43. The average Bonchev–Trinajstić information content (AvgIpc) is 3.26. The highest BCUT2D eigenvalue weighted by atomic mass is 32.1. The van der Waals surface area contributed by atoms with E-state index < -0.39 is 6.29 Å². The van der Waals surface area contributed by atoms with Gasteiger partial charge in [-0.25, -0.2) is 0 Å². The van der Waals surface area contributed by atoms with Crippen molar-refractivity contribution in [1.82, 2.24) is 5.32 Å². The second-order valence-corrected chi connectivity index (χ2v) is 8.79. The Morgan fingerprint density at radius 3 is 2.72 bits per heavy atom. The molecule has 0 saturated heterocycles. The number of carbonyl (C=O) groups is 1. The molecule has 0 bridgehead atoms. The van der Waals surface area contributed by atoms with Gasteiger partial charge in [-0.1, -0.05) is 48.5 Å². The zero-order chi connectivity index (χ0) is 22.3. The molecule has 5 nitrogen and oxygen atoms in total.